The number of halogens is 4. The van der Waals surface area contributed by atoms with E-state index in [1.165, 1.54) is 9.36 Å². The van der Waals surface area contributed by atoms with Crippen molar-refractivity contribution < 1.29 is 0 Å². The van der Waals surface area contributed by atoms with Gasteiger partial charge in [0.1, 0.15) is 11.4 Å². The summed E-state index contributed by atoms with van der Waals surface area (Å²) < 4.78 is 3.02. The maximum atomic E-state index is 6.15. The van der Waals surface area contributed by atoms with Gasteiger partial charge in [-0.3, -0.25) is 0 Å². The zero-order valence-electron chi connectivity index (χ0n) is 15.7. The number of rotatable bonds is 4. The van der Waals surface area contributed by atoms with Crippen molar-refractivity contribution in [1.29, 1.82) is 0 Å². The van der Waals surface area contributed by atoms with E-state index in [4.69, 9.17) is 46.4 Å². The summed E-state index contributed by atoms with van der Waals surface area (Å²) >= 11 is 24.3. The van der Waals surface area contributed by atoms with Crippen LogP contribution in [0.15, 0.2) is 54.6 Å². The molecule has 2 aromatic carbocycles. The largest absolute Gasteiger partial charge is 0.241 e. The van der Waals surface area contributed by atoms with Crippen LogP contribution in [0.3, 0.4) is 0 Å². The first-order valence-electron chi connectivity index (χ1n) is 8.96. The van der Waals surface area contributed by atoms with Crippen molar-refractivity contribution in [2.45, 2.75) is 0 Å². The number of pyridine rings is 1. The maximum Gasteiger partial charge on any atom is 0.205 e. The van der Waals surface area contributed by atoms with Crippen molar-refractivity contribution >= 4 is 46.4 Å². The SMILES string of the molecule is Clc1ccc(-n2nnnc2-c2cccc(-c3nnnn3-c3ccc(Cl)c(Cl)c3)n2)cc1Cl. The maximum absolute atomic E-state index is 6.15. The summed E-state index contributed by atoms with van der Waals surface area (Å²) in [5, 5.41) is 25.5. The van der Waals surface area contributed by atoms with Gasteiger partial charge in [0.25, 0.3) is 0 Å². The Labute approximate surface area is 200 Å². The number of hydrogen-bond acceptors (Lipinski definition) is 7. The minimum absolute atomic E-state index is 0.383. The van der Waals surface area contributed by atoms with Crippen molar-refractivity contribution in [3.63, 3.8) is 0 Å². The molecule has 0 atom stereocenters. The van der Waals surface area contributed by atoms with Crippen molar-refractivity contribution in [3.05, 3.63) is 74.7 Å². The van der Waals surface area contributed by atoms with E-state index < -0.39 is 0 Å². The average Bonchev–Trinajstić information content (AvgIpc) is 3.48. The van der Waals surface area contributed by atoms with Gasteiger partial charge in [0, 0.05) is 0 Å². The lowest BCUT2D eigenvalue weighted by molar-refractivity contribution is 0.789. The second-order valence-corrected chi connectivity index (χ2v) is 8.06. The highest BCUT2D eigenvalue weighted by Crippen LogP contribution is 2.28. The lowest BCUT2D eigenvalue weighted by atomic mass is 10.2. The third-order valence-corrected chi connectivity index (χ3v) is 5.92. The molecule has 9 nitrogen and oxygen atoms in total. The Kier molecular flexibility index (Phi) is 5.48. The molecule has 0 aliphatic heterocycles. The van der Waals surface area contributed by atoms with E-state index in [1.54, 1.807) is 54.6 Å². The Hall–Kier alpha value is -3.11. The number of aromatic nitrogens is 9. The Balaban J connectivity index is 1.57. The van der Waals surface area contributed by atoms with E-state index in [-0.39, 0.29) is 0 Å². The van der Waals surface area contributed by atoms with Gasteiger partial charge in [-0.05, 0) is 69.4 Å². The van der Waals surface area contributed by atoms with E-state index in [2.05, 4.69) is 36.0 Å². The topological polar surface area (TPSA) is 100 Å². The molecular formula is C19H9Cl4N9. The molecule has 5 rings (SSSR count). The Morgan fingerprint density at radius 2 is 1.03 bits per heavy atom. The van der Waals surface area contributed by atoms with Crippen LogP contribution in [0.2, 0.25) is 20.1 Å². The molecule has 0 aliphatic rings. The highest BCUT2D eigenvalue weighted by molar-refractivity contribution is 6.42. The molecule has 158 valence electrons. The summed E-state index contributed by atoms with van der Waals surface area (Å²) in [5.41, 5.74) is 2.27. The Morgan fingerprint density at radius 3 is 1.47 bits per heavy atom. The van der Waals surface area contributed by atoms with E-state index in [9.17, 15) is 0 Å². The van der Waals surface area contributed by atoms with Gasteiger partial charge >= 0.3 is 0 Å². The van der Waals surface area contributed by atoms with Crippen LogP contribution in [0, 0.1) is 0 Å². The fourth-order valence-corrected chi connectivity index (χ4v) is 3.54. The van der Waals surface area contributed by atoms with Crippen molar-refractivity contribution in [1.82, 2.24) is 45.4 Å². The van der Waals surface area contributed by atoms with Crippen LogP contribution in [0.5, 0.6) is 0 Å². The molecule has 0 amide bonds. The molecule has 0 spiro atoms. The number of benzene rings is 2. The van der Waals surface area contributed by atoms with Gasteiger partial charge < -0.3 is 0 Å². The molecule has 0 fully saturated rings. The van der Waals surface area contributed by atoms with Crippen LogP contribution < -0.4 is 0 Å². The average molecular weight is 505 g/mol. The molecule has 0 bridgehead atoms. The lowest BCUT2D eigenvalue weighted by Crippen LogP contribution is -2.03. The van der Waals surface area contributed by atoms with Crippen LogP contribution in [0.4, 0.5) is 0 Å². The van der Waals surface area contributed by atoms with E-state index in [1.807, 2.05) is 0 Å². The molecule has 32 heavy (non-hydrogen) atoms. The predicted octanol–water partition coefficient (Wildman–Crippen LogP) is 4.98. The lowest BCUT2D eigenvalue weighted by Gasteiger charge is -2.08. The summed E-state index contributed by atoms with van der Waals surface area (Å²) in [6.07, 6.45) is 0. The standard InChI is InChI=1S/C19H9Cl4N9/c20-12-6-4-10(8-14(12)22)31-18(25-27-29-31)16-2-1-3-17(24-16)19-26-28-30-32(19)11-5-7-13(21)15(23)9-11/h1-9H. The van der Waals surface area contributed by atoms with Crippen LogP contribution in [0.25, 0.3) is 34.4 Å². The zero-order valence-corrected chi connectivity index (χ0v) is 18.8. The van der Waals surface area contributed by atoms with Gasteiger partial charge in [-0.2, -0.15) is 9.36 Å². The van der Waals surface area contributed by atoms with Gasteiger partial charge in [-0.25, -0.2) is 4.98 Å². The van der Waals surface area contributed by atoms with Crippen molar-refractivity contribution in [3.8, 4) is 34.4 Å². The molecule has 3 heterocycles. The zero-order chi connectivity index (χ0) is 22.2. The van der Waals surface area contributed by atoms with Gasteiger partial charge in [0.05, 0.1) is 31.5 Å². The first-order chi connectivity index (χ1) is 15.5. The third kappa shape index (κ3) is 3.80. The second-order valence-electron chi connectivity index (χ2n) is 6.43. The highest BCUT2D eigenvalue weighted by atomic mass is 35.5. The van der Waals surface area contributed by atoms with Gasteiger partial charge in [0.15, 0.2) is 0 Å². The summed E-state index contributed by atoms with van der Waals surface area (Å²) in [6.45, 7) is 0. The Bertz CT molecular complexity index is 1340. The number of nitrogens with zero attached hydrogens (tertiary/aromatic N) is 9. The Morgan fingerprint density at radius 1 is 0.562 bits per heavy atom. The van der Waals surface area contributed by atoms with Gasteiger partial charge in [-0.1, -0.05) is 52.5 Å². The quantitative estimate of drug-likeness (QED) is 0.340. The number of hydrogen-bond donors (Lipinski definition) is 0. The summed E-state index contributed by atoms with van der Waals surface area (Å²) in [7, 11) is 0. The summed E-state index contributed by atoms with van der Waals surface area (Å²) in [6, 6.07) is 15.5. The molecule has 5 aromatic rings. The molecule has 3 aromatic heterocycles. The van der Waals surface area contributed by atoms with Gasteiger partial charge in [-0.15, -0.1) is 10.2 Å². The minimum Gasteiger partial charge on any atom is -0.241 e. The van der Waals surface area contributed by atoms with Crippen LogP contribution in [0.1, 0.15) is 0 Å². The summed E-state index contributed by atoms with van der Waals surface area (Å²) in [4.78, 5) is 4.67. The molecule has 0 aliphatic carbocycles. The van der Waals surface area contributed by atoms with Crippen LogP contribution in [-0.4, -0.2) is 45.4 Å². The third-order valence-electron chi connectivity index (χ3n) is 4.44. The van der Waals surface area contributed by atoms with E-state index in [0.717, 1.165) is 0 Å². The molecule has 0 saturated heterocycles. The molecule has 0 N–H and O–H groups in total. The predicted molar refractivity (Wildman–Crippen MR) is 121 cm³/mol. The molecule has 13 heteroatoms. The van der Waals surface area contributed by atoms with Gasteiger partial charge in [0.2, 0.25) is 11.6 Å². The molecule has 0 saturated carbocycles. The van der Waals surface area contributed by atoms with Crippen LogP contribution in [-0.2, 0) is 0 Å². The van der Waals surface area contributed by atoms with Crippen molar-refractivity contribution in [2.75, 3.05) is 0 Å². The molecular weight excluding hydrogens is 496 g/mol. The van der Waals surface area contributed by atoms with E-state index in [0.29, 0.717) is 54.5 Å². The number of tetrazole rings is 2. The monoisotopic (exact) mass is 503 g/mol. The molecule has 0 radical (unpaired) electrons. The smallest absolute Gasteiger partial charge is 0.205 e. The first kappa shape index (κ1) is 20.8. The van der Waals surface area contributed by atoms with Crippen molar-refractivity contribution in [2.24, 2.45) is 0 Å². The second kappa shape index (κ2) is 8.44. The first-order valence-corrected chi connectivity index (χ1v) is 10.5. The van der Waals surface area contributed by atoms with Crippen LogP contribution >= 0.6 is 46.4 Å². The molecule has 0 unspecified atom stereocenters. The fourth-order valence-electron chi connectivity index (χ4n) is 2.96. The minimum atomic E-state index is 0.383. The summed E-state index contributed by atoms with van der Waals surface area (Å²) in [5.74, 6) is 0.803. The highest BCUT2D eigenvalue weighted by Gasteiger charge is 2.17. The fraction of sp³-hybridized carbons (Fsp3) is 0. The van der Waals surface area contributed by atoms with E-state index >= 15 is 0 Å². The normalized spacial score (nSPS) is 11.1.